The highest BCUT2D eigenvalue weighted by Crippen LogP contribution is 2.38. The second-order valence-corrected chi connectivity index (χ2v) is 24.0. The molecule has 18 heteroatoms. The predicted molar refractivity (Wildman–Crippen MR) is 232 cm³/mol. The summed E-state index contributed by atoms with van der Waals surface area (Å²) in [5.74, 6) is -5.50. The average molecular weight is 931 g/mol. The summed E-state index contributed by atoms with van der Waals surface area (Å²) in [6.45, 7) is 31.9. The van der Waals surface area contributed by atoms with E-state index in [1.54, 1.807) is 145 Å². The number of aliphatic hydroxyl groups is 1. The Morgan fingerprint density at radius 2 is 0.600 bits per heavy atom. The fourth-order valence-corrected chi connectivity index (χ4v) is 5.30. The summed E-state index contributed by atoms with van der Waals surface area (Å²) < 4.78 is 60.7. The second kappa shape index (κ2) is 20.6. The molecular formula is C47H78O18. The first-order chi connectivity index (χ1) is 29.0. The van der Waals surface area contributed by atoms with Crippen molar-refractivity contribution in [3.8, 4) is 0 Å². The lowest BCUT2D eigenvalue weighted by Gasteiger charge is -2.48. The van der Waals surface area contributed by atoms with Gasteiger partial charge < -0.3 is 52.5 Å². The summed E-state index contributed by atoms with van der Waals surface area (Å²) in [6, 6.07) is 0. The van der Waals surface area contributed by atoms with E-state index in [0.29, 0.717) is 0 Å². The Hall–Kier alpha value is -3.87. The van der Waals surface area contributed by atoms with Gasteiger partial charge in [0.05, 0.1) is 37.9 Å². The third-order valence-electron chi connectivity index (χ3n) is 9.74. The molecule has 0 aromatic rings. The van der Waals surface area contributed by atoms with Crippen molar-refractivity contribution in [1.29, 1.82) is 0 Å². The van der Waals surface area contributed by atoms with Crippen LogP contribution in [0.4, 0.5) is 0 Å². The third-order valence-corrected chi connectivity index (χ3v) is 9.74. The van der Waals surface area contributed by atoms with Crippen LogP contribution in [0.25, 0.3) is 0 Å². The van der Waals surface area contributed by atoms with E-state index in [9.17, 15) is 38.7 Å². The van der Waals surface area contributed by atoms with Crippen molar-refractivity contribution in [1.82, 2.24) is 0 Å². The van der Waals surface area contributed by atoms with Gasteiger partial charge in [0.2, 0.25) is 12.6 Å². The molecule has 0 unspecified atom stereocenters. The standard InChI is InChI=1S/C47H78O18/c1-41(2,3)34(49)56-22-24-26(48)28(61-37(52)44(10,11)12)30(63-39(54)46(16,17)18)32(58-24)65-33-31(64-40(55)47(19,20)21)29(62-38(53)45(13,14)15)27(60-36(51)43(7,8)9)25(59-33)23-57-35(50)42(4,5)6/h24-33,48H,22-23H2,1-21H3/t24-,25-,26-,27-,28+,29+,30-,31-,32-,33-/m1/s1. The molecule has 1 N–H and O–H groups in total. The van der Waals surface area contributed by atoms with Gasteiger partial charge in [-0.25, -0.2) is 0 Å². The Balaban J connectivity index is 3.04. The molecule has 2 aliphatic heterocycles. The molecule has 0 aliphatic carbocycles. The zero-order valence-corrected chi connectivity index (χ0v) is 42.6. The van der Waals surface area contributed by atoms with E-state index >= 15 is 0 Å². The van der Waals surface area contributed by atoms with Crippen molar-refractivity contribution < 1.29 is 86.0 Å². The van der Waals surface area contributed by atoms with Crippen molar-refractivity contribution in [2.75, 3.05) is 13.2 Å². The van der Waals surface area contributed by atoms with Crippen LogP contribution in [-0.2, 0) is 80.9 Å². The van der Waals surface area contributed by atoms with Crippen LogP contribution in [0.5, 0.6) is 0 Å². The Morgan fingerprint density at radius 1 is 0.354 bits per heavy atom. The third kappa shape index (κ3) is 16.2. The van der Waals surface area contributed by atoms with E-state index in [1.165, 1.54) is 0 Å². The lowest BCUT2D eigenvalue weighted by atomic mass is 9.92. The van der Waals surface area contributed by atoms with Gasteiger partial charge in [-0.2, -0.15) is 0 Å². The van der Waals surface area contributed by atoms with Crippen molar-refractivity contribution >= 4 is 41.8 Å². The normalized spacial score (nSPS) is 27.1. The first kappa shape index (κ1) is 57.3. The first-order valence-corrected chi connectivity index (χ1v) is 22.0. The van der Waals surface area contributed by atoms with Crippen molar-refractivity contribution in [2.24, 2.45) is 37.9 Å². The highest BCUT2D eigenvalue weighted by molar-refractivity contribution is 5.79. The van der Waals surface area contributed by atoms with Crippen LogP contribution in [0.3, 0.4) is 0 Å². The summed E-state index contributed by atoms with van der Waals surface area (Å²) in [6.07, 6.45) is -17.4. The zero-order valence-electron chi connectivity index (χ0n) is 42.6. The molecule has 18 nitrogen and oxygen atoms in total. The molecule has 0 bridgehead atoms. The number of carbonyl (C=O) groups is 7. The largest absolute Gasteiger partial charge is 0.462 e. The summed E-state index contributed by atoms with van der Waals surface area (Å²) in [7, 11) is 0. The quantitative estimate of drug-likeness (QED) is 0.191. The summed E-state index contributed by atoms with van der Waals surface area (Å²) in [5, 5.41) is 11.9. The maximum Gasteiger partial charge on any atom is 0.311 e. The fourth-order valence-electron chi connectivity index (χ4n) is 5.30. The van der Waals surface area contributed by atoms with Gasteiger partial charge in [0.25, 0.3) is 0 Å². The fraction of sp³-hybridized carbons (Fsp3) is 0.851. The second-order valence-electron chi connectivity index (χ2n) is 24.0. The molecule has 0 spiro atoms. The molecule has 0 amide bonds. The maximum absolute atomic E-state index is 13.9. The Kier molecular flexibility index (Phi) is 18.1. The van der Waals surface area contributed by atoms with E-state index in [2.05, 4.69) is 0 Å². The molecule has 2 rings (SSSR count). The van der Waals surface area contributed by atoms with Crippen molar-refractivity contribution in [3.63, 3.8) is 0 Å². The monoisotopic (exact) mass is 931 g/mol. The molecule has 0 aromatic heterocycles. The van der Waals surface area contributed by atoms with Gasteiger partial charge in [-0.15, -0.1) is 0 Å². The van der Waals surface area contributed by atoms with E-state index in [4.69, 9.17) is 47.4 Å². The topological polar surface area (TPSA) is 232 Å². The van der Waals surface area contributed by atoms with Crippen LogP contribution in [-0.4, -0.2) is 122 Å². The smallest absolute Gasteiger partial charge is 0.311 e. The van der Waals surface area contributed by atoms with E-state index in [1.807, 2.05) is 0 Å². The van der Waals surface area contributed by atoms with Crippen LogP contribution >= 0.6 is 0 Å². The minimum absolute atomic E-state index is 0.614. The molecule has 2 fully saturated rings. The van der Waals surface area contributed by atoms with Gasteiger partial charge in [0, 0.05) is 0 Å². The molecule has 0 radical (unpaired) electrons. The maximum atomic E-state index is 13.9. The van der Waals surface area contributed by atoms with Crippen LogP contribution in [0.15, 0.2) is 0 Å². The summed E-state index contributed by atoms with van der Waals surface area (Å²) >= 11 is 0. The van der Waals surface area contributed by atoms with Crippen LogP contribution in [0.1, 0.15) is 145 Å². The predicted octanol–water partition coefficient (Wildman–Crippen LogP) is 5.78. The van der Waals surface area contributed by atoms with Crippen molar-refractivity contribution in [2.45, 2.75) is 207 Å². The van der Waals surface area contributed by atoms with E-state index < -0.39 is 154 Å². The van der Waals surface area contributed by atoms with Crippen LogP contribution in [0.2, 0.25) is 0 Å². The summed E-state index contributed by atoms with van der Waals surface area (Å²) in [5.41, 5.74) is -7.87. The molecule has 0 saturated carbocycles. The highest BCUT2D eigenvalue weighted by atomic mass is 16.8. The number of hydrogen-bond acceptors (Lipinski definition) is 18. The number of ether oxygens (including phenoxy) is 10. The number of carbonyl (C=O) groups excluding carboxylic acids is 7. The number of aliphatic hydroxyl groups excluding tert-OH is 1. The SMILES string of the molecule is CC(C)(C)C(=O)OC[C@H]1O[C@H](O[C@H]2O[C@H](COC(=O)C(C)(C)C)[C@@H](OC(=O)C(C)(C)C)[C@H](OC(=O)C(C)(C)C)[C@H]2OC(=O)C(C)(C)C)[C@H](OC(=O)C(C)(C)C)[C@@H](OC(=O)C(C)(C)C)[C@@H]1O. The molecule has 2 saturated heterocycles. The van der Waals surface area contributed by atoms with Crippen LogP contribution in [0, 0.1) is 37.9 Å². The molecule has 374 valence electrons. The van der Waals surface area contributed by atoms with E-state index in [-0.39, 0.29) is 0 Å². The number of rotatable bonds is 11. The molecule has 2 heterocycles. The van der Waals surface area contributed by atoms with Crippen molar-refractivity contribution in [3.05, 3.63) is 0 Å². The highest BCUT2D eigenvalue weighted by Gasteiger charge is 2.59. The number of esters is 7. The van der Waals surface area contributed by atoms with Gasteiger partial charge >= 0.3 is 41.8 Å². The number of hydrogen-bond donors (Lipinski definition) is 1. The molecule has 10 atom stereocenters. The molecule has 0 aromatic carbocycles. The van der Waals surface area contributed by atoms with Gasteiger partial charge in [0.1, 0.15) is 31.5 Å². The van der Waals surface area contributed by atoms with Crippen LogP contribution < -0.4 is 0 Å². The van der Waals surface area contributed by atoms with Gasteiger partial charge in [-0.3, -0.25) is 33.6 Å². The molecule has 65 heavy (non-hydrogen) atoms. The lowest BCUT2D eigenvalue weighted by Crippen LogP contribution is -2.67. The minimum Gasteiger partial charge on any atom is -0.462 e. The van der Waals surface area contributed by atoms with Gasteiger partial charge in [-0.1, -0.05) is 0 Å². The Labute approximate surface area is 385 Å². The Bertz CT molecular complexity index is 1720. The summed E-state index contributed by atoms with van der Waals surface area (Å²) in [4.78, 5) is 95.1. The average Bonchev–Trinajstić information content (AvgIpc) is 3.11. The van der Waals surface area contributed by atoms with Gasteiger partial charge in [0.15, 0.2) is 30.5 Å². The lowest BCUT2D eigenvalue weighted by molar-refractivity contribution is -0.379. The molecular weight excluding hydrogens is 852 g/mol. The van der Waals surface area contributed by atoms with Gasteiger partial charge in [-0.05, 0) is 145 Å². The molecule has 2 aliphatic rings. The Morgan fingerprint density at radius 3 is 0.923 bits per heavy atom. The van der Waals surface area contributed by atoms with E-state index in [0.717, 1.165) is 0 Å². The minimum atomic E-state index is -1.92. The first-order valence-electron chi connectivity index (χ1n) is 22.0. The zero-order chi connectivity index (χ0) is 50.8.